The molecule has 0 amide bonds. The van der Waals surface area contributed by atoms with E-state index in [1.165, 1.54) is 4.88 Å². The molecule has 21 heavy (non-hydrogen) atoms. The first-order chi connectivity index (χ1) is 10.0. The van der Waals surface area contributed by atoms with Crippen LogP contribution >= 0.6 is 34.5 Å². The molecule has 0 saturated heterocycles. The zero-order valence-electron chi connectivity index (χ0n) is 12.2. The third-order valence-electron chi connectivity index (χ3n) is 3.22. The molecule has 2 rings (SSSR count). The van der Waals surface area contributed by atoms with Crippen LogP contribution in [0.3, 0.4) is 0 Å². The van der Waals surface area contributed by atoms with E-state index in [-0.39, 0.29) is 6.04 Å². The molecule has 0 bridgehead atoms. The lowest BCUT2D eigenvalue weighted by Crippen LogP contribution is -2.26. The summed E-state index contributed by atoms with van der Waals surface area (Å²) in [5.41, 5.74) is 2.11. The fraction of sp³-hybridized carbons (Fsp3) is 0.400. The summed E-state index contributed by atoms with van der Waals surface area (Å²) in [4.78, 5) is 5.88. The van der Waals surface area contributed by atoms with Gasteiger partial charge in [0.05, 0.1) is 28.4 Å². The first kappa shape index (κ1) is 16.7. The zero-order chi connectivity index (χ0) is 15.4. The molecular formula is C15H18Cl2N2OS. The van der Waals surface area contributed by atoms with Crippen LogP contribution in [0.15, 0.2) is 18.2 Å². The van der Waals surface area contributed by atoms with Gasteiger partial charge in [0.25, 0.3) is 0 Å². The van der Waals surface area contributed by atoms with E-state index in [1.54, 1.807) is 18.4 Å². The Hall–Kier alpha value is -0.650. The summed E-state index contributed by atoms with van der Waals surface area (Å²) in [7, 11) is 1.69. The summed E-state index contributed by atoms with van der Waals surface area (Å²) in [5.74, 6) is 0. The van der Waals surface area contributed by atoms with Crippen LogP contribution in [-0.2, 0) is 4.74 Å². The Morgan fingerprint density at radius 2 is 2.05 bits per heavy atom. The maximum atomic E-state index is 6.14. The van der Waals surface area contributed by atoms with Crippen molar-refractivity contribution in [1.29, 1.82) is 0 Å². The van der Waals surface area contributed by atoms with Gasteiger partial charge in [-0.05, 0) is 31.5 Å². The number of rotatable bonds is 6. The van der Waals surface area contributed by atoms with Gasteiger partial charge in [-0.15, -0.1) is 11.3 Å². The number of aromatic nitrogens is 1. The molecule has 0 fully saturated rings. The highest BCUT2D eigenvalue weighted by Gasteiger charge is 2.19. The van der Waals surface area contributed by atoms with Crippen LogP contribution in [0.25, 0.3) is 0 Å². The topological polar surface area (TPSA) is 34.1 Å². The van der Waals surface area contributed by atoms with Gasteiger partial charge in [-0.1, -0.05) is 29.3 Å². The molecule has 1 aromatic heterocycles. The molecule has 0 aliphatic heterocycles. The highest BCUT2D eigenvalue weighted by atomic mass is 35.5. The zero-order valence-corrected chi connectivity index (χ0v) is 14.6. The second kappa shape index (κ2) is 7.56. The molecule has 1 aromatic carbocycles. The van der Waals surface area contributed by atoms with E-state index in [0.717, 1.165) is 22.8 Å². The number of hydrogen-bond donors (Lipinski definition) is 1. The van der Waals surface area contributed by atoms with Crippen LogP contribution < -0.4 is 5.32 Å². The minimum atomic E-state index is -0.00711. The molecule has 114 valence electrons. The SMILES string of the molecule is COCCNC(c1ccc(Cl)c(Cl)c1)c1nc(C)c(C)s1. The highest BCUT2D eigenvalue weighted by molar-refractivity contribution is 7.11. The average Bonchev–Trinajstić information content (AvgIpc) is 2.78. The quantitative estimate of drug-likeness (QED) is 0.789. The van der Waals surface area contributed by atoms with Gasteiger partial charge < -0.3 is 10.1 Å². The summed E-state index contributed by atoms with van der Waals surface area (Å²) < 4.78 is 5.11. The summed E-state index contributed by atoms with van der Waals surface area (Å²) in [6.07, 6.45) is 0. The van der Waals surface area contributed by atoms with Crippen molar-refractivity contribution in [2.45, 2.75) is 19.9 Å². The van der Waals surface area contributed by atoms with E-state index >= 15 is 0 Å². The molecular weight excluding hydrogens is 327 g/mol. The monoisotopic (exact) mass is 344 g/mol. The maximum absolute atomic E-state index is 6.14. The van der Waals surface area contributed by atoms with E-state index in [0.29, 0.717) is 16.7 Å². The number of benzene rings is 1. The van der Waals surface area contributed by atoms with Crippen LogP contribution in [0.5, 0.6) is 0 Å². The predicted octanol–water partition coefficient (Wildman–Crippen LogP) is 4.39. The summed E-state index contributed by atoms with van der Waals surface area (Å²) >= 11 is 13.8. The minimum Gasteiger partial charge on any atom is -0.383 e. The maximum Gasteiger partial charge on any atom is 0.115 e. The molecule has 0 aliphatic carbocycles. The van der Waals surface area contributed by atoms with Crippen molar-refractivity contribution < 1.29 is 4.74 Å². The predicted molar refractivity (Wildman–Crippen MR) is 89.8 cm³/mol. The van der Waals surface area contributed by atoms with Crippen molar-refractivity contribution in [2.75, 3.05) is 20.3 Å². The lowest BCUT2D eigenvalue weighted by atomic mass is 10.1. The lowest BCUT2D eigenvalue weighted by Gasteiger charge is -2.17. The molecule has 6 heteroatoms. The van der Waals surface area contributed by atoms with Gasteiger partial charge in [-0.3, -0.25) is 0 Å². The fourth-order valence-electron chi connectivity index (χ4n) is 1.97. The molecule has 0 aliphatic rings. The number of nitrogens with one attached hydrogen (secondary N) is 1. The van der Waals surface area contributed by atoms with Gasteiger partial charge in [-0.25, -0.2) is 4.98 Å². The first-order valence-electron chi connectivity index (χ1n) is 6.64. The van der Waals surface area contributed by atoms with Gasteiger partial charge >= 0.3 is 0 Å². The highest BCUT2D eigenvalue weighted by Crippen LogP contribution is 2.31. The van der Waals surface area contributed by atoms with E-state index in [4.69, 9.17) is 27.9 Å². The Morgan fingerprint density at radius 1 is 1.29 bits per heavy atom. The summed E-state index contributed by atoms with van der Waals surface area (Å²) in [6.45, 7) is 5.48. The van der Waals surface area contributed by atoms with Gasteiger partial charge in [0.1, 0.15) is 5.01 Å². The number of methoxy groups -OCH3 is 1. The number of thiazole rings is 1. The van der Waals surface area contributed by atoms with Gasteiger partial charge in [-0.2, -0.15) is 0 Å². The van der Waals surface area contributed by atoms with Crippen molar-refractivity contribution in [1.82, 2.24) is 10.3 Å². The molecule has 2 aromatic rings. The largest absolute Gasteiger partial charge is 0.383 e. The van der Waals surface area contributed by atoms with Crippen molar-refractivity contribution in [3.05, 3.63) is 49.4 Å². The molecule has 3 nitrogen and oxygen atoms in total. The lowest BCUT2D eigenvalue weighted by molar-refractivity contribution is 0.197. The number of aryl methyl sites for hydroxylation is 2. The molecule has 0 radical (unpaired) electrons. The first-order valence-corrected chi connectivity index (χ1v) is 8.21. The third-order valence-corrected chi connectivity index (χ3v) is 5.10. The molecule has 0 saturated carbocycles. The Morgan fingerprint density at radius 3 is 2.62 bits per heavy atom. The number of nitrogens with zero attached hydrogens (tertiary/aromatic N) is 1. The van der Waals surface area contributed by atoms with Crippen LogP contribution in [-0.4, -0.2) is 25.2 Å². The second-order valence-corrected chi connectivity index (χ2v) is 6.80. The van der Waals surface area contributed by atoms with Crippen molar-refractivity contribution in [3.63, 3.8) is 0 Å². The van der Waals surface area contributed by atoms with E-state index in [1.807, 2.05) is 25.1 Å². The van der Waals surface area contributed by atoms with Crippen LogP contribution in [0.4, 0.5) is 0 Å². The fourth-order valence-corrected chi connectivity index (χ4v) is 3.30. The summed E-state index contributed by atoms with van der Waals surface area (Å²) in [5, 5.41) is 5.60. The minimum absolute atomic E-state index is 0.00711. The average molecular weight is 345 g/mol. The number of ether oxygens (including phenoxy) is 1. The molecule has 1 unspecified atom stereocenters. The Kier molecular flexibility index (Phi) is 6.02. The standard InChI is InChI=1S/C15H18Cl2N2OS/c1-9-10(2)21-15(19-9)14(18-6-7-20-3)11-4-5-12(16)13(17)8-11/h4-5,8,14,18H,6-7H2,1-3H3. The molecule has 0 spiro atoms. The summed E-state index contributed by atoms with van der Waals surface area (Å²) in [6, 6.07) is 5.68. The van der Waals surface area contributed by atoms with Crippen LogP contribution in [0.2, 0.25) is 10.0 Å². The van der Waals surface area contributed by atoms with Gasteiger partial charge in [0.2, 0.25) is 0 Å². The molecule has 1 atom stereocenters. The second-order valence-electron chi connectivity index (χ2n) is 4.75. The third kappa shape index (κ3) is 4.18. The van der Waals surface area contributed by atoms with E-state index in [2.05, 4.69) is 17.2 Å². The van der Waals surface area contributed by atoms with Gasteiger partial charge in [0, 0.05) is 18.5 Å². The number of hydrogen-bond acceptors (Lipinski definition) is 4. The molecule has 1 N–H and O–H groups in total. The normalized spacial score (nSPS) is 12.6. The Bertz CT molecular complexity index is 596. The van der Waals surface area contributed by atoms with Gasteiger partial charge in [0.15, 0.2) is 0 Å². The smallest absolute Gasteiger partial charge is 0.115 e. The van der Waals surface area contributed by atoms with Crippen molar-refractivity contribution >= 4 is 34.5 Å². The van der Waals surface area contributed by atoms with E-state index in [9.17, 15) is 0 Å². The Labute approximate surface area is 139 Å². The van der Waals surface area contributed by atoms with E-state index < -0.39 is 0 Å². The van der Waals surface area contributed by atoms with Crippen molar-refractivity contribution in [3.8, 4) is 0 Å². The van der Waals surface area contributed by atoms with Crippen LogP contribution in [0.1, 0.15) is 27.2 Å². The Balaban J connectivity index is 2.32. The molecule has 1 heterocycles. The van der Waals surface area contributed by atoms with Crippen LogP contribution in [0, 0.1) is 13.8 Å². The van der Waals surface area contributed by atoms with Crippen molar-refractivity contribution in [2.24, 2.45) is 0 Å². The number of halogens is 2.